The van der Waals surface area contributed by atoms with Gasteiger partial charge in [0.2, 0.25) is 5.13 Å². The van der Waals surface area contributed by atoms with E-state index in [1.165, 1.54) is 29.0 Å². The minimum atomic E-state index is -0.306. The Hall–Kier alpha value is -2.84. The number of aliphatic hydroxyl groups is 1. The van der Waals surface area contributed by atoms with Crippen LogP contribution < -0.4 is 5.32 Å². The fourth-order valence-electron chi connectivity index (χ4n) is 3.92. The molecule has 0 bridgehead atoms. The minimum absolute atomic E-state index is 0.0817. The normalized spacial score (nSPS) is 15.5. The monoisotopic (exact) mass is 426 g/mol. The Balaban J connectivity index is 1.47. The van der Waals surface area contributed by atoms with Gasteiger partial charge in [0, 0.05) is 13.0 Å². The molecule has 0 saturated heterocycles. The minimum Gasteiger partial charge on any atom is -0.395 e. The zero-order valence-electron chi connectivity index (χ0n) is 16.4. The first-order chi connectivity index (χ1) is 14.6. The van der Waals surface area contributed by atoms with Crippen LogP contribution in [0, 0.1) is 5.82 Å². The van der Waals surface area contributed by atoms with E-state index in [-0.39, 0.29) is 31.0 Å². The first-order valence-electron chi connectivity index (χ1n) is 9.97. The van der Waals surface area contributed by atoms with Gasteiger partial charge in [-0.05, 0) is 48.1 Å². The molecule has 0 saturated carbocycles. The molecule has 2 aromatic carbocycles. The number of benzene rings is 2. The van der Waals surface area contributed by atoms with Gasteiger partial charge in [-0.15, -0.1) is 10.2 Å². The van der Waals surface area contributed by atoms with Crippen molar-refractivity contribution in [3.05, 3.63) is 76.0 Å². The Morgan fingerprint density at radius 2 is 2.10 bits per heavy atom. The predicted molar refractivity (Wildman–Crippen MR) is 114 cm³/mol. The predicted octanol–water partition coefficient (Wildman–Crippen LogP) is 4.17. The Morgan fingerprint density at radius 3 is 2.93 bits per heavy atom. The number of hydrogen-bond donors (Lipinski definition) is 2. The van der Waals surface area contributed by atoms with Crippen LogP contribution in [0.4, 0.5) is 14.3 Å². The summed E-state index contributed by atoms with van der Waals surface area (Å²) in [6.07, 6.45) is 3.29. The molecule has 6 nitrogen and oxygen atoms in total. The van der Waals surface area contributed by atoms with Crippen molar-refractivity contribution in [1.82, 2.24) is 15.1 Å². The van der Waals surface area contributed by atoms with E-state index in [0.717, 1.165) is 30.4 Å². The average molecular weight is 427 g/mol. The number of carbonyl (C=O) groups excluding carboxylic acids is 1. The number of aliphatic hydroxyl groups excluding tert-OH is 1. The van der Waals surface area contributed by atoms with Crippen molar-refractivity contribution < 1.29 is 14.3 Å². The molecule has 3 aromatic rings. The largest absolute Gasteiger partial charge is 0.395 e. The van der Waals surface area contributed by atoms with Crippen LogP contribution >= 0.6 is 11.3 Å². The van der Waals surface area contributed by atoms with E-state index in [4.69, 9.17) is 0 Å². The Labute approximate surface area is 178 Å². The lowest BCUT2D eigenvalue weighted by atomic mass is 9.87. The molecule has 30 heavy (non-hydrogen) atoms. The van der Waals surface area contributed by atoms with Crippen LogP contribution in [0.1, 0.15) is 40.6 Å². The van der Waals surface area contributed by atoms with E-state index in [9.17, 15) is 14.3 Å². The van der Waals surface area contributed by atoms with Gasteiger partial charge in [0.25, 0.3) is 0 Å². The molecule has 2 N–H and O–H groups in total. The molecule has 8 heteroatoms. The number of nitrogens with one attached hydrogen (secondary N) is 1. The first kappa shape index (κ1) is 20.4. The van der Waals surface area contributed by atoms with Crippen molar-refractivity contribution in [2.24, 2.45) is 0 Å². The van der Waals surface area contributed by atoms with Gasteiger partial charge in [-0.3, -0.25) is 5.32 Å². The van der Waals surface area contributed by atoms with Crippen molar-refractivity contribution in [2.75, 3.05) is 18.5 Å². The van der Waals surface area contributed by atoms with Gasteiger partial charge in [0.15, 0.2) is 0 Å². The van der Waals surface area contributed by atoms with Gasteiger partial charge in [-0.1, -0.05) is 47.7 Å². The summed E-state index contributed by atoms with van der Waals surface area (Å²) in [5.41, 5.74) is 3.18. The Morgan fingerprint density at radius 1 is 1.23 bits per heavy atom. The van der Waals surface area contributed by atoms with Gasteiger partial charge >= 0.3 is 6.03 Å². The number of amides is 2. The lowest BCUT2D eigenvalue weighted by Gasteiger charge is -2.35. The number of aryl methyl sites for hydroxylation is 1. The molecule has 2 amide bonds. The fraction of sp³-hybridized carbons (Fsp3) is 0.318. The summed E-state index contributed by atoms with van der Waals surface area (Å²) in [5, 5.41) is 21.6. The third-order valence-electron chi connectivity index (χ3n) is 5.24. The number of hydrogen-bond acceptors (Lipinski definition) is 5. The maximum absolute atomic E-state index is 13.4. The van der Waals surface area contributed by atoms with Crippen molar-refractivity contribution in [3.63, 3.8) is 0 Å². The van der Waals surface area contributed by atoms with E-state index >= 15 is 0 Å². The lowest BCUT2D eigenvalue weighted by Crippen LogP contribution is -2.41. The number of aromatic nitrogens is 2. The van der Waals surface area contributed by atoms with E-state index < -0.39 is 0 Å². The van der Waals surface area contributed by atoms with Crippen LogP contribution in [0.2, 0.25) is 0 Å². The van der Waals surface area contributed by atoms with Crippen LogP contribution in [0.5, 0.6) is 0 Å². The molecule has 0 fully saturated rings. The summed E-state index contributed by atoms with van der Waals surface area (Å²) in [5.74, 6) is -0.294. The van der Waals surface area contributed by atoms with Crippen LogP contribution in [-0.2, 0) is 12.8 Å². The number of fused-ring (bicyclic) bond motifs is 1. The maximum Gasteiger partial charge on any atom is 0.324 e. The second-order valence-corrected chi connectivity index (χ2v) is 8.32. The number of halogens is 1. The van der Waals surface area contributed by atoms with E-state index in [1.54, 1.807) is 11.0 Å². The summed E-state index contributed by atoms with van der Waals surface area (Å²) in [6, 6.07) is 14.1. The summed E-state index contributed by atoms with van der Waals surface area (Å²) in [4.78, 5) is 14.7. The summed E-state index contributed by atoms with van der Waals surface area (Å²) in [7, 11) is 0. The van der Waals surface area contributed by atoms with Crippen LogP contribution in [0.15, 0.2) is 48.5 Å². The molecule has 4 rings (SSSR count). The van der Waals surface area contributed by atoms with Gasteiger partial charge in [0.1, 0.15) is 10.8 Å². The molecule has 0 unspecified atom stereocenters. The highest BCUT2D eigenvalue weighted by Gasteiger charge is 2.29. The molecule has 1 aromatic heterocycles. The summed E-state index contributed by atoms with van der Waals surface area (Å²) in [6.45, 7) is 0.118. The molecule has 1 atom stereocenters. The fourth-order valence-corrected chi connectivity index (χ4v) is 4.68. The molecule has 0 spiro atoms. The van der Waals surface area contributed by atoms with Crippen LogP contribution in [-0.4, -0.2) is 39.4 Å². The van der Waals surface area contributed by atoms with E-state index in [2.05, 4.69) is 27.6 Å². The second kappa shape index (κ2) is 9.32. The van der Waals surface area contributed by atoms with Crippen molar-refractivity contribution in [3.8, 4) is 0 Å². The number of nitrogens with zero attached hydrogens (tertiary/aromatic N) is 3. The van der Waals surface area contributed by atoms with Crippen molar-refractivity contribution in [1.29, 1.82) is 0 Å². The van der Waals surface area contributed by atoms with Gasteiger partial charge in [-0.25, -0.2) is 9.18 Å². The molecule has 1 heterocycles. The molecular weight excluding hydrogens is 403 g/mol. The van der Waals surface area contributed by atoms with E-state index in [1.807, 2.05) is 18.2 Å². The first-order valence-corrected chi connectivity index (χ1v) is 10.8. The number of urea groups is 1. The van der Waals surface area contributed by atoms with Gasteiger partial charge in [0.05, 0.1) is 12.6 Å². The zero-order chi connectivity index (χ0) is 20.9. The van der Waals surface area contributed by atoms with Gasteiger partial charge in [-0.2, -0.15) is 0 Å². The summed E-state index contributed by atoms with van der Waals surface area (Å²) >= 11 is 1.26. The number of anilines is 1. The molecule has 1 aliphatic carbocycles. The average Bonchev–Trinajstić information content (AvgIpc) is 3.18. The SMILES string of the molecule is O=C(Nc1nnc(Cc2cccc(F)c2)s1)N(CCO)[C@H]1CCCc2ccccc21. The lowest BCUT2D eigenvalue weighted by molar-refractivity contribution is 0.155. The van der Waals surface area contributed by atoms with Crippen molar-refractivity contribution >= 4 is 22.5 Å². The number of rotatable bonds is 6. The molecular formula is C22H23FN4O2S. The Kier molecular flexibility index (Phi) is 6.35. The molecule has 0 aliphatic heterocycles. The van der Waals surface area contributed by atoms with Crippen LogP contribution in [0.25, 0.3) is 0 Å². The summed E-state index contributed by atoms with van der Waals surface area (Å²) < 4.78 is 13.4. The highest BCUT2D eigenvalue weighted by atomic mass is 32.1. The quantitative estimate of drug-likeness (QED) is 0.620. The third kappa shape index (κ3) is 4.66. The molecule has 1 aliphatic rings. The smallest absolute Gasteiger partial charge is 0.324 e. The maximum atomic E-state index is 13.4. The topological polar surface area (TPSA) is 78.4 Å². The van der Waals surface area contributed by atoms with Gasteiger partial charge < -0.3 is 10.0 Å². The van der Waals surface area contributed by atoms with Crippen molar-refractivity contribution in [2.45, 2.75) is 31.7 Å². The highest BCUT2D eigenvalue weighted by Crippen LogP contribution is 2.34. The third-order valence-corrected chi connectivity index (χ3v) is 6.08. The molecule has 0 radical (unpaired) electrons. The Bertz CT molecular complexity index is 1030. The van der Waals surface area contributed by atoms with E-state index in [0.29, 0.717) is 16.6 Å². The standard InChI is InChI=1S/C22H23FN4O2S/c23-17-8-3-5-15(13-17)14-20-25-26-21(30-20)24-22(29)27(11-12-28)19-10-4-7-16-6-1-2-9-18(16)19/h1-3,5-6,8-9,13,19,28H,4,7,10-12,14H2,(H,24,26,29)/t19-/m0/s1. The molecule has 156 valence electrons. The zero-order valence-corrected chi connectivity index (χ0v) is 17.2. The second-order valence-electron chi connectivity index (χ2n) is 7.26. The number of carbonyl (C=O) groups is 1. The van der Waals surface area contributed by atoms with Crippen LogP contribution in [0.3, 0.4) is 0 Å². The highest BCUT2D eigenvalue weighted by molar-refractivity contribution is 7.15.